The van der Waals surface area contributed by atoms with Crippen molar-refractivity contribution in [2.45, 2.75) is 26.7 Å². The molecule has 26 heavy (non-hydrogen) atoms. The lowest BCUT2D eigenvalue weighted by Crippen LogP contribution is -2.43. The van der Waals surface area contributed by atoms with Crippen LogP contribution in [0.3, 0.4) is 0 Å². The molecule has 138 valence electrons. The van der Waals surface area contributed by atoms with Gasteiger partial charge in [0, 0.05) is 30.6 Å². The second kappa shape index (κ2) is 8.31. The first-order valence-electron chi connectivity index (χ1n) is 8.71. The van der Waals surface area contributed by atoms with Gasteiger partial charge in [-0.25, -0.2) is 4.98 Å². The third-order valence-corrected chi connectivity index (χ3v) is 5.32. The van der Waals surface area contributed by atoms with E-state index in [1.165, 1.54) is 11.3 Å². The first-order valence-corrected chi connectivity index (χ1v) is 9.59. The van der Waals surface area contributed by atoms with E-state index in [-0.39, 0.29) is 24.3 Å². The molecular formula is C19H23N3O3S. The molecular weight excluding hydrogens is 350 g/mol. The number of nitrogens with zero attached hydrogens (tertiary/aromatic N) is 2. The molecule has 1 aromatic heterocycles. The number of aryl methyl sites for hydroxylation is 2. The number of anilines is 1. The van der Waals surface area contributed by atoms with Gasteiger partial charge in [0.15, 0.2) is 11.7 Å². The van der Waals surface area contributed by atoms with Crippen molar-refractivity contribution in [3.8, 4) is 5.75 Å². The van der Waals surface area contributed by atoms with Crippen LogP contribution in [0.25, 0.3) is 0 Å². The zero-order valence-electron chi connectivity index (χ0n) is 15.0. The van der Waals surface area contributed by atoms with Crippen molar-refractivity contribution in [2.75, 3.05) is 25.0 Å². The van der Waals surface area contributed by atoms with E-state index in [4.69, 9.17) is 4.74 Å². The van der Waals surface area contributed by atoms with E-state index in [1.54, 1.807) is 11.1 Å². The largest absolute Gasteiger partial charge is 0.483 e. The second-order valence-corrected chi connectivity index (χ2v) is 7.39. The smallest absolute Gasteiger partial charge is 0.260 e. The summed E-state index contributed by atoms with van der Waals surface area (Å²) in [5, 5.41) is 5.28. The fourth-order valence-corrected chi connectivity index (χ4v) is 3.67. The lowest BCUT2D eigenvalue weighted by molar-refractivity contribution is -0.136. The van der Waals surface area contributed by atoms with Gasteiger partial charge in [-0.15, -0.1) is 11.3 Å². The molecule has 0 spiro atoms. The molecule has 1 aromatic carbocycles. The number of para-hydroxylation sites is 1. The first kappa shape index (κ1) is 18.4. The SMILES string of the molecule is Cc1cccc(C)c1OCC(=O)N1CCC(C(=O)Nc2nccs2)CC1. The van der Waals surface area contributed by atoms with Gasteiger partial charge in [-0.3, -0.25) is 9.59 Å². The summed E-state index contributed by atoms with van der Waals surface area (Å²) in [6.45, 7) is 5.12. The van der Waals surface area contributed by atoms with Crippen molar-refractivity contribution in [1.29, 1.82) is 0 Å². The maximum Gasteiger partial charge on any atom is 0.260 e. The Kier molecular flexibility index (Phi) is 5.88. The van der Waals surface area contributed by atoms with Crippen molar-refractivity contribution in [3.05, 3.63) is 40.9 Å². The predicted octanol–water partition coefficient (Wildman–Crippen LogP) is 3.02. The van der Waals surface area contributed by atoms with Crippen molar-refractivity contribution < 1.29 is 14.3 Å². The highest BCUT2D eigenvalue weighted by Crippen LogP contribution is 2.23. The third kappa shape index (κ3) is 4.40. The summed E-state index contributed by atoms with van der Waals surface area (Å²) in [5.41, 5.74) is 2.05. The molecule has 7 heteroatoms. The summed E-state index contributed by atoms with van der Waals surface area (Å²) in [4.78, 5) is 30.5. The van der Waals surface area contributed by atoms with Gasteiger partial charge in [0.25, 0.3) is 5.91 Å². The van der Waals surface area contributed by atoms with E-state index in [0.29, 0.717) is 31.1 Å². The van der Waals surface area contributed by atoms with Crippen molar-refractivity contribution >= 4 is 28.3 Å². The number of carbonyl (C=O) groups is 2. The molecule has 0 atom stereocenters. The monoisotopic (exact) mass is 373 g/mol. The van der Waals surface area contributed by atoms with Crippen LogP contribution in [0.2, 0.25) is 0 Å². The van der Waals surface area contributed by atoms with Crippen LogP contribution in [0.15, 0.2) is 29.8 Å². The number of hydrogen-bond donors (Lipinski definition) is 1. The minimum Gasteiger partial charge on any atom is -0.483 e. The number of rotatable bonds is 5. The Morgan fingerprint density at radius 3 is 2.58 bits per heavy atom. The molecule has 1 aliphatic heterocycles. The summed E-state index contributed by atoms with van der Waals surface area (Å²) in [7, 11) is 0. The summed E-state index contributed by atoms with van der Waals surface area (Å²) in [6, 6.07) is 5.92. The maximum atomic E-state index is 12.4. The minimum atomic E-state index is -0.0810. The molecule has 2 aromatic rings. The number of benzene rings is 1. The van der Waals surface area contributed by atoms with Gasteiger partial charge < -0.3 is 15.0 Å². The summed E-state index contributed by atoms with van der Waals surface area (Å²) in [5.74, 6) is 0.645. The second-order valence-electron chi connectivity index (χ2n) is 6.49. The summed E-state index contributed by atoms with van der Waals surface area (Å²) >= 11 is 1.40. The van der Waals surface area contributed by atoms with Crippen LogP contribution < -0.4 is 10.1 Å². The number of ether oxygens (including phenoxy) is 1. The number of aromatic nitrogens is 1. The molecule has 0 unspecified atom stereocenters. The molecule has 0 radical (unpaired) electrons. The Morgan fingerprint density at radius 1 is 1.27 bits per heavy atom. The quantitative estimate of drug-likeness (QED) is 0.874. The van der Waals surface area contributed by atoms with Crippen LogP contribution in [0, 0.1) is 19.8 Å². The normalized spacial score (nSPS) is 14.9. The van der Waals surface area contributed by atoms with E-state index in [0.717, 1.165) is 16.9 Å². The van der Waals surface area contributed by atoms with Crippen molar-refractivity contribution in [1.82, 2.24) is 9.88 Å². The zero-order valence-corrected chi connectivity index (χ0v) is 15.8. The molecule has 1 fully saturated rings. The summed E-state index contributed by atoms with van der Waals surface area (Å²) < 4.78 is 5.75. The zero-order chi connectivity index (χ0) is 18.5. The molecule has 1 saturated heterocycles. The van der Waals surface area contributed by atoms with Gasteiger partial charge in [-0.1, -0.05) is 18.2 Å². The van der Waals surface area contributed by atoms with E-state index < -0.39 is 0 Å². The predicted molar refractivity (Wildman–Crippen MR) is 101 cm³/mol. The van der Waals surface area contributed by atoms with Crippen molar-refractivity contribution in [2.24, 2.45) is 5.92 Å². The molecule has 0 saturated carbocycles. The molecule has 2 amide bonds. The Hall–Kier alpha value is -2.41. The summed E-state index contributed by atoms with van der Waals surface area (Å²) in [6.07, 6.45) is 2.98. The van der Waals surface area contributed by atoms with Crippen LogP contribution >= 0.6 is 11.3 Å². The molecule has 0 aliphatic carbocycles. The average molecular weight is 373 g/mol. The molecule has 1 aliphatic rings. The average Bonchev–Trinajstić information content (AvgIpc) is 3.14. The lowest BCUT2D eigenvalue weighted by Gasteiger charge is -2.31. The molecule has 2 heterocycles. The third-order valence-electron chi connectivity index (χ3n) is 4.63. The van der Waals surface area contributed by atoms with Crippen LogP contribution in [0.1, 0.15) is 24.0 Å². The fourth-order valence-electron chi connectivity index (χ4n) is 3.14. The number of amides is 2. The van der Waals surface area contributed by atoms with Gasteiger partial charge in [-0.05, 0) is 37.8 Å². The topological polar surface area (TPSA) is 71.5 Å². The lowest BCUT2D eigenvalue weighted by atomic mass is 9.96. The molecule has 1 N–H and O–H groups in total. The number of hydrogen-bond acceptors (Lipinski definition) is 5. The van der Waals surface area contributed by atoms with Crippen LogP contribution in [-0.2, 0) is 9.59 Å². The Labute approximate surface area is 157 Å². The first-order chi connectivity index (χ1) is 12.5. The highest BCUT2D eigenvalue weighted by atomic mass is 32.1. The van der Waals surface area contributed by atoms with Crippen LogP contribution in [0.5, 0.6) is 5.75 Å². The highest BCUT2D eigenvalue weighted by molar-refractivity contribution is 7.13. The van der Waals surface area contributed by atoms with Gasteiger partial charge >= 0.3 is 0 Å². The highest BCUT2D eigenvalue weighted by Gasteiger charge is 2.28. The van der Waals surface area contributed by atoms with E-state index >= 15 is 0 Å². The van der Waals surface area contributed by atoms with Gasteiger partial charge in [0.2, 0.25) is 5.91 Å². The standard InChI is InChI=1S/C19H23N3O3S/c1-13-4-3-5-14(2)17(13)25-12-16(23)22-9-6-15(7-10-22)18(24)21-19-20-8-11-26-19/h3-5,8,11,15H,6-7,9-10,12H2,1-2H3,(H,20,21,24). The van der Waals surface area contributed by atoms with E-state index in [2.05, 4.69) is 10.3 Å². The van der Waals surface area contributed by atoms with Crippen molar-refractivity contribution in [3.63, 3.8) is 0 Å². The Balaban J connectivity index is 1.47. The van der Waals surface area contributed by atoms with Gasteiger partial charge in [0.1, 0.15) is 5.75 Å². The van der Waals surface area contributed by atoms with Crippen LogP contribution in [-0.4, -0.2) is 41.4 Å². The molecule has 6 nitrogen and oxygen atoms in total. The fraction of sp³-hybridized carbons (Fsp3) is 0.421. The van der Waals surface area contributed by atoms with Gasteiger partial charge in [-0.2, -0.15) is 0 Å². The van der Waals surface area contributed by atoms with E-state index in [9.17, 15) is 9.59 Å². The van der Waals surface area contributed by atoms with E-state index in [1.807, 2.05) is 37.4 Å². The van der Waals surface area contributed by atoms with Crippen LogP contribution in [0.4, 0.5) is 5.13 Å². The maximum absolute atomic E-state index is 12.4. The minimum absolute atomic E-state index is 0.0150. The number of carbonyl (C=O) groups excluding carboxylic acids is 2. The Bertz CT molecular complexity index is 748. The molecule has 0 bridgehead atoms. The van der Waals surface area contributed by atoms with Gasteiger partial charge in [0.05, 0.1) is 0 Å². The molecule has 3 rings (SSSR count). The number of thiazole rings is 1. The number of nitrogens with one attached hydrogen (secondary N) is 1. The number of piperidine rings is 1. The number of likely N-dealkylation sites (tertiary alicyclic amines) is 1. The Morgan fingerprint density at radius 2 is 1.96 bits per heavy atom.